The summed E-state index contributed by atoms with van der Waals surface area (Å²) in [6.45, 7) is 1.74. The third-order valence-corrected chi connectivity index (χ3v) is 4.33. The zero-order valence-electron chi connectivity index (χ0n) is 16.1. The van der Waals surface area contributed by atoms with Gasteiger partial charge in [0.05, 0.1) is 5.69 Å². The van der Waals surface area contributed by atoms with Gasteiger partial charge in [-0.25, -0.2) is 4.39 Å². The fraction of sp³-hybridized carbons (Fsp3) is 0.0870. The fourth-order valence-electron chi connectivity index (χ4n) is 2.78. The maximum absolute atomic E-state index is 13.6. The molecule has 0 atom stereocenters. The summed E-state index contributed by atoms with van der Waals surface area (Å²) in [6.07, 6.45) is 0. The van der Waals surface area contributed by atoms with E-state index in [-0.39, 0.29) is 12.3 Å². The first-order valence-corrected chi connectivity index (χ1v) is 9.27. The van der Waals surface area contributed by atoms with Crippen LogP contribution in [0.3, 0.4) is 0 Å². The Morgan fingerprint density at radius 2 is 1.83 bits per heavy atom. The minimum absolute atomic E-state index is 0.106. The highest BCUT2D eigenvalue weighted by atomic mass is 19.1. The Morgan fingerprint density at radius 1 is 1.03 bits per heavy atom. The van der Waals surface area contributed by atoms with Gasteiger partial charge in [0, 0.05) is 11.1 Å². The molecule has 0 saturated carbocycles. The molecule has 0 aliphatic carbocycles. The van der Waals surface area contributed by atoms with Crippen LogP contribution in [0.1, 0.15) is 5.56 Å². The van der Waals surface area contributed by atoms with Crippen molar-refractivity contribution in [3.05, 3.63) is 84.2 Å². The van der Waals surface area contributed by atoms with Crippen LogP contribution in [0.15, 0.2) is 77.3 Å². The van der Waals surface area contributed by atoms with Gasteiger partial charge in [0.15, 0.2) is 6.61 Å². The number of nitrogens with one attached hydrogen (secondary N) is 1. The summed E-state index contributed by atoms with van der Waals surface area (Å²) in [5, 5.41) is 6.50. The van der Waals surface area contributed by atoms with E-state index in [1.54, 1.807) is 36.4 Å². The van der Waals surface area contributed by atoms with E-state index in [9.17, 15) is 9.18 Å². The van der Waals surface area contributed by atoms with E-state index >= 15 is 0 Å². The summed E-state index contributed by atoms with van der Waals surface area (Å²) in [7, 11) is 0. The summed E-state index contributed by atoms with van der Waals surface area (Å²) >= 11 is 0. The molecule has 0 fully saturated rings. The standard InChI is InChI=1S/C23H18FN3O3/c1-15-9-11-16(12-10-15)22-26-23(30-27-22)17-5-4-6-18(13-17)29-14-21(28)25-20-8-3-2-7-19(20)24/h2-13H,14H2,1H3,(H,25,28). The number of anilines is 1. The van der Waals surface area contributed by atoms with Gasteiger partial charge in [-0.05, 0) is 37.3 Å². The number of carbonyl (C=O) groups is 1. The van der Waals surface area contributed by atoms with E-state index in [4.69, 9.17) is 9.26 Å². The summed E-state index contributed by atoms with van der Waals surface area (Å²) in [6, 6.07) is 20.7. The van der Waals surface area contributed by atoms with Gasteiger partial charge < -0.3 is 14.6 Å². The van der Waals surface area contributed by atoms with Gasteiger partial charge in [-0.15, -0.1) is 0 Å². The van der Waals surface area contributed by atoms with Gasteiger partial charge in [0.25, 0.3) is 11.8 Å². The van der Waals surface area contributed by atoms with E-state index < -0.39 is 11.7 Å². The molecule has 1 aromatic heterocycles. The number of benzene rings is 3. The maximum atomic E-state index is 13.6. The summed E-state index contributed by atoms with van der Waals surface area (Å²) in [5.41, 5.74) is 2.77. The minimum atomic E-state index is -0.506. The minimum Gasteiger partial charge on any atom is -0.484 e. The highest BCUT2D eigenvalue weighted by Crippen LogP contribution is 2.25. The molecule has 7 heteroatoms. The molecule has 6 nitrogen and oxygen atoms in total. The third kappa shape index (κ3) is 4.52. The lowest BCUT2D eigenvalue weighted by Gasteiger charge is -2.08. The summed E-state index contributed by atoms with van der Waals surface area (Å²) in [4.78, 5) is 16.5. The van der Waals surface area contributed by atoms with Crippen LogP contribution in [0.5, 0.6) is 5.75 Å². The highest BCUT2D eigenvalue weighted by Gasteiger charge is 2.12. The molecule has 0 bridgehead atoms. The van der Waals surface area contributed by atoms with Crippen LogP contribution < -0.4 is 10.1 Å². The summed E-state index contributed by atoms with van der Waals surface area (Å²) < 4.78 is 24.5. The van der Waals surface area contributed by atoms with Crippen LogP contribution in [-0.2, 0) is 4.79 Å². The van der Waals surface area contributed by atoms with Crippen LogP contribution >= 0.6 is 0 Å². The lowest BCUT2D eigenvalue weighted by Crippen LogP contribution is -2.20. The van der Waals surface area contributed by atoms with Gasteiger partial charge >= 0.3 is 0 Å². The average Bonchev–Trinajstić information content (AvgIpc) is 3.25. The molecule has 0 saturated heterocycles. The van der Waals surface area contributed by atoms with Crippen molar-refractivity contribution in [3.8, 4) is 28.6 Å². The molecule has 1 N–H and O–H groups in total. The molecule has 0 aliphatic rings. The Hall–Kier alpha value is -4.00. The molecule has 1 heterocycles. The van der Waals surface area contributed by atoms with Crippen molar-refractivity contribution in [2.45, 2.75) is 6.92 Å². The first kappa shape index (κ1) is 19.3. The van der Waals surface area contributed by atoms with Crippen LogP contribution in [0.2, 0.25) is 0 Å². The number of aromatic nitrogens is 2. The fourth-order valence-corrected chi connectivity index (χ4v) is 2.78. The Labute approximate surface area is 172 Å². The number of ether oxygens (including phenoxy) is 1. The lowest BCUT2D eigenvalue weighted by atomic mass is 10.1. The van der Waals surface area contributed by atoms with Crippen molar-refractivity contribution in [2.24, 2.45) is 0 Å². The molecule has 4 aromatic rings. The van der Waals surface area contributed by atoms with Crippen molar-refractivity contribution >= 4 is 11.6 Å². The van der Waals surface area contributed by atoms with Gasteiger partial charge in [0.1, 0.15) is 11.6 Å². The predicted octanol–water partition coefficient (Wildman–Crippen LogP) is 4.87. The molecule has 3 aromatic carbocycles. The van der Waals surface area contributed by atoms with Gasteiger partial charge in [0.2, 0.25) is 5.82 Å². The van der Waals surface area contributed by atoms with Crippen LogP contribution in [0.4, 0.5) is 10.1 Å². The lowest BCUT2D eigenvalue weighted by molar-refractivity contribution is -0.118. The Balaban J connectivity index is 1.42. The first-order valence-electron chi connectivity index (χ1n) is 9.27. The second-order valence-corrected chi connectivity index (χ2v) is 6.63. The third-order valence-electron chi connectivity index (χ3n) is 4.33. The van der Waals surface area contributed by atoms with Gasteiger partial charge in [-0.3, -0.25) is 4.79 Å². The predicted molar refractivity (Wildman–Crippen MR) is 110 cm³/mol. The molecule has 0 radical (unpaired) electrons. The highest BCUT2D eigenvalue weighted by molar-refractivity contribution is 5.92. The van der Waals surface area contributed by atoms with Crippen molar-refractivity contribution < 1.29 is 18.4 Å². The number of halogens is 1. The second-order valence-electron chi connectivity index (χ2n) is 6.63. The smallest absolute Gasteiger partial charge is 0.262 e. The van der Waals surface area contributed by atoms with E-state index in [0.717, 1.165) is 11.1 Å². The molecule has 1 amide bonds. The topological polar surface area (TPSA) is 77.2 Å². The number of aryl methyl sites for hydroxylation is 1. The number of rotatable bonds is 6. The Bertz CT molecular complexity index is 1170. The van der Waals surface area contributed by atoms with Gasteiger partial charge in [-0.2, -0.15) is 4.98 Å². The zero-order valence-corrected chi connectivity index (χ0v) is 16.1. The normalized spacial score (nSPS) is 10.6. The van der Waals surface area contributed by atoms with Crippen LogP contribution in [0.25, 0.3) is 22.8 Å². The van der Waals surface area contributed by atoms with Crippen molar-refractivity contribution in [3.63, 3.8) is 0 Å². The molecule has 0 unspecified atom stereocenters. The Kier molecular flexibility index (Phi) is 5.52. The van der Waals surface area contributed by atoms with Crippen molar-refractivity contribution in [1.82, 2.24) is 10.1 Å². The monoisotopic (exact) mass is 403 g/mol. The number of hydrogen-bond donors (Lipinski definition) is 1. The SMILES string of the molecule is Cc1ccc(-c2noc(-c3cccc(OCC(=O)Nc4ccccc4F)c3)n2)cc1. The molecule has 4 rings (SSSR count). The Morgan fingerprint density at radius 3 is 2.63 bits per heavy atom. The maximum Gasteiger partial charge on any atom is 0.262 e. The van der Waals surface area contributed by atoms with Crippen LogP contribution in [0, 0.1) is 12.7 Å². The number of para-hydroxylation sites is 1. The first-order chi connectivity index (χ1) is 14.6. The largest absolute Gasteiger partial charge is 0.484 e. The number of carbonyl (C=O) groups excluding carboxylic acids is 1. The zero-order chi connectivity index (χ0) is 20.9. The molecule has 30 heavy (non-hydrogen) atoms. The molecule has 150 valence electrons. The number of nitrogens with zero attached hydrogens (tertiary/aromatic N) is 2. The second kappa shape index (κ2) is 8.57. The van der Waals surface area contributed by atoms with Crippen molar-refractivity contribution in [2.75, 3.05) is 11.9 Å². The molecule has 0 spiro atoms. The van der Waals surface area contributed by atoms with E-state index in [2.05, 4.69) is 15.5 Å². The number of hydrogen-bond acceptors (Lipinski definition) is 5. The molecule has 0 aliphatic heterocycles. The quantitative estimate of drug-likeness (QED) is 0.497. The van der Waals surface area contributed by atoms with E-state index in [1.807, 2.05) is 31.2 Å². The van der Waals surface area contributed by atoms with Crippen LogP contribution in [-0.4, -0.2) is 22.7 Å². The van der Waals surface area contributed by atoms with Crippen molar-refractivity contribution in [1.29, 1.82) is 0 Å². The van der Waals surface area contributed by atoms with Gasteiger partial charge in [-0.1, -0.05) is 53.2 Å². The molecular weight excluding hydrogens is 385 g/mol. The molecular formula is C23H18FN3O3. The van der Waals surface area contributed by atoms with E-state index in [0.29, 0.717) is 23.0 Å². The number of amides is 1. The average molecular weight is 403 g/mol. The summed E-state index contributed by atoms with van der Waals surface area (Å²) in [5.74, 6) is 0.303. The van der Waals surface area contributed by atoms with E-state index in [1.165, 1.54) is 12.1 Å².